The number of hydrogen-bond acceptors (Lipinski definition) is 6. The van der Waals surface area contributed by atoms with Crippen molar-refractivity contribution in [1.29, 1.82) is 0 Å². The van der Waals surface area contributed by atoms with Crippen LogP contribution in [0.5, 0.6) is 5.75 Å². The van der Waals surface area contributed by atoms with E-state index in [0.29, 0.717) is 0 Å². The van der Waals surface area contributed by atoms with Gasteiger partial charge in [0.1, 0.15) is 18.0 Å². The molecule has 5 nitrogen and oxygen atoms in total. The second-order valence-corrected chi connectivity index (χ2v) is 14.7. The first kappa shape index (κ1) is 28.1. The van der Waals surface area contributed by atoms with Crippen LogP contribution >= 0.6 is 12.2 Å². The topological polar surface area (TPSA) is 31.0 Å². The van der Waals surface area contributed by atoms with Gasteiger partial charge in [-0.25, -0.2) is 4.31 Å². The normalized spacial score (nSPS) is 26.6. The zero-order valence-electron chi connectivity index (χ0n) is 25.1. The summed E-state index contributed by atoms with van der Waals surface area (Å²) in [6.07, 6.45) is 13.7. The number of fused-ring (bicyclic) bond motifs is 1. The van der Waals surface area contributed by atoms with E-state index in [1.165, 1.54) is 115 Å². The van der Waals surface area contributed by atoms with E-state index in [1.54, 1.807) is 11.1 Å². The van der Waals surface area contributed by atoms with Gasteiger partial charge >= 0.3 is 0 Å². The lowest BCUT2D eigenvalue weighted by molar-refractivity contribution is 0.0492. The van der Waals surface area contributed by atoms with Crippen LogP contribution in [0, 0.1) is 23.7 Å². The van der Waals surface area contributed by atoms with Crippen molar-refractivity contribution in [1.82, 2.24) is 14.5 Å². The summed E-state index contributed by atoms with van der Waals surface area (Å²) in [4.78, 5) is 5.32. The number of hydrogen-bond donors (Lipinski definition) is 1. The highest BCUT2D eigenvalue weighted by atomic mass is 32.2. The maximum atomic E-state index is 5.97. The van der Waals surface area contributed by atoms with Gasteiger partial charge in [0.25, 0.3) is 0 Å². The molecule has 1 N–H and O–H groups in total. The second kappa shape index (κ2) is 12.5. The molecule has 3 aliphatic heterocycles. The van der Waals surface area contributed by atoms with E-state index in [0.717, 1.165) is 42.5 Å². The van der Waals surface area contributed by atoms with Crippen LogP contribution in [-0.4, -0.2) is 62.1 Å². The molecule has 7 rings (SSSR count). The molecule has 0 amide bonds. The van der Waals surface area contributed by atoms with Crippen LogP contribution < -0.4 is 14.4 Å². The van der Waals surface area contributed by atoms with Gasteiger partial charge in [-0.15, -0.1) is 0 Å². The third-order valence-electron chi connectivity index (χ3n) is 11.2. The molecule has 4 fully saturated rings. The summed E-state index contributed by atoms with van der Waals surface area (Å²) in [5.74, 6) is 4.17. The summed E-state index contributed by atoms with van der Waals surface area (Å²) in [5, 5.41) is 4.19. The number of anilines is 1. The van der Waals surface area contributed by atoms with Crippen LogP contribution in [0.1, 0.15) is 68.9 Å². The molecule has 0 bridgehead atoms. The summed E-state index contributed by atoms with van der Waals surface area (Å²) in [6, 6.07) is 18.2. The van der Waals surface area contributed by atoms with Crippen molar-refractivity contribution in [3.05, 3.63) is 59.7 Å². The van der Waals surface area contributed by atoms with Gasteiger partial charge in [-0.05, 0) is 111 Å². The molecule has 2 saturated carbocycles. The van der Waals surface area contributed by atoms with E-state index in [4.69, 9.17) is 4.18 Å². The van der Waals surface area contributed by atoms with E-state index in [2.05, 4.69) is 75.0 Å². The maximum absolute atomic E-state index is 5.97. The van der Waals surface area contributed by atoms with Gasteiger partial charge in [-0.2, -0.15) is 0 Å². The molecule has 2 aliphatic carbocycles. The lowest BCUT2D eigenvalue weighted by Crippen LogP contribution is -2.59. The van der Waals surface area contributed by atoms with Crippen LogP contribution in [0.3, 0.4) is 0 Å². The lowest BCUT2D eigenvalue weighted by atomic mass is 9.63. The number of piperidine rings is 1. The average molecular weight is 575 g/mol. The second-order valence-electron chi connectivity index (χ2n) is 13.8. The third-order valence-corrected chi connectivity index (χ3v) is 11.9. The molecule has 1 unspecified atom stereocenters. The minimum atomic E-state index is 0.213. The summed E-state index contributed by atoms with van der Waals surface area (Å²) in [6.45, 7) is 8.42. The monoisotopic (exact) mass is 574 g/mol. The highest BCUT2D eigenvalue weighted by molar-refractivity contribution is 7.92. The Labute approximate surface area is 252 Å². The fourth-order valence-electron chi connectivity index (χ4n) is 8.80. The molecule has 2 aromatic rings. The summed E-state index contributed by atoms with van der Waals surface area (Å²) in [7, 11) is 2.14. The average Bonchev–Trinajstić information content (AvgIpc) is 3.52. The number of nitrogens with one attached hydrogen (secondary N) is 1. The van der Waals surface area contributed by atoms with Crippen molar-refractivity contribution in [2.45, 2.75) is 69.7 Å². The van der Waals surface area contributed by atoms with Gasteiger partial charge in [-0.1, -0.05) is 43.5 Å². The molecule has 222 valence electrons. The van der Waals surface area contributed by atoms with Gasteiger partial charge in [0.2, 0.25) is 0 Å². The molecule has 41 heavy (non-hydrogen) atoms. The zero-order chi connectivity index (χ0) is 27.6. The fraction of sp³-hybridized carbons (Fsp3) is 0.657. The first-order valence-corrected chi connectivity index (χ1v) is 17.3. The number of benzene rings is 2. The Kier molecular flexibility index (Phi) is 8.54. The highest BCUT2D eigenvalue weighted by Gasteiger charge is 2.50. The SMILES string of the molecule is CN(CC1CCC1)SOc1ccc(N2CC(CN3CCC(C4(C5CCCC5)NCCc5ccccc54)CC3)C2)cc1. The quantitative estimate of drug-likeness (QED) is 0.250. The molecule has 0 radical (unpaired) electrons. The summed E-state index contributed by atoms with van der Waals surface area (Å²) in [5.41, 5.74) is 4.82. The highest BCUT2D eigenvalue weighted by Crippen LogP contribution is 2.50. The van der Waals surface area contributed by atoms with E-state index >= 15 is 0 Å². The lowest BCUT2D eigenvalue weighted by Gasteiger charge is -2.53. The van der Waals surface area contributed by atoms with Gasteiger partial charge in [0, 0.05) is 56.9 Å². The predicted molar refractivity (Wildman–Crippen MR) is 171 cm³/mol. The van der Waals surface area contributed by atoms with Gasteiger partial charge in [0.05, 0.1) is 0 Å². The van der Waals surface area contributed by atoms with Crippen LogP contribution in [0.2, 0.25) is 0 Å². The molecule has 5 aliphatic rings. The van der Waals surface area contributed by atoms with Gasteiger partial charge in [0.15, 0.2) is 0 Å². The molecule has 2 saturated heterocycles. The Bertz CT molecular complexity index is 1140. The maximum Gasteiger partial charge on any atom is 0.146 e. The first-order chi connectivity index (χ1) is 20.2. The predicted octanol–water partition coefficient (Wildman–Crippen LogP) is 6.74. The van der Waals surface area contributed by atoms with E-state index in [1.807, 2.05) is 0 Å². The summed E-state index contributed by atoms with van der Waals surface area (Å²) >= 11 is 1.48. The fourth-order valence-corrected chi connectivity index (χ4v) is 9.40. The van der Waals surface area contributed by atoms with Crippen LogP contribution in [0.15, 0.2) is 48.5 Å². The molecular formula is C35H50N4OS. The largest absolute Gasteiger partial charge is 0.409 e. The Hall–Kier alpha value is -1.73. The Morgan fingerprint density at radius 2 is 1.61 bits per heavy atom. The van der Waals surface area contributed by atoms with Gasteiger partial charge < -0.3 is 19.3 Å². The number of likely N-dealkylation sites (tertiary alicyclic amines) is 1. The molecule has 3 heterocycles. The van der Waals surface area contributed by atoms with E-state index in [9.17, 15) is 0 Å². The van der Waals surface area contributed by atoms with Crippen molar-refractivity contribution < 1.29 is 4.18 Å². The molecule has 2 aromatic carbocycles. The van der Waals surface area contributed by atoms with E-state index in [-0.39, 0.29) is 5.54 Å². The smallest absolute Gasteiger partial charge is 0.146 e. The number of rotatable bonds is 10. The zero-order valence-corrected chi connectivity index (χ0v) is 25.9. The number of nitrogens with zero attached hydrogens (tertiary/aromatic N) is 3. The Balaban J connectivity index is 0.886. The molecular weight excluding hydrogens is 524 g/mol. The van der Waals surface area contributed by atoms with Crippen LogP contribution in [0.4, 0.5) is 5.69 Å². The van der Waals surface area contributed by atoms with Crippen molar-refractivity contribution >= 4 is 17.9 Å². The Morgan fingerprint density at radius 1 is 0.878 bits per heavy atom. The minimum absolute atomic E-state index is 0.213. The molecule has 0 spiro atoms. The standard InChI is InChI=1S/C35H50N4OS/c1-37(23-27-7-6-8-27)41-40-33-15-13-32(14-16-33)39-25-28(26-39)24-38-21-18-31(19-22-38)35(30-10-3-4-11-30)34-12-5-2-9-29(34)17-20-36-35/h2,5,9,12-16,27-28,30-31,36H,3-4,6-8,10-11,17-26H2,1H3. The minimum Gasteiger partial charge on any atom is -0.409 e. The van der Waals surface area contributed by atoms with Crippen molar-refractivity contribution in [3.8, 4) is 5.75 Å². The van der Waals surface area contributed by atoms with Crippen molar-refractivity contribution in [2.75, 3.05) is 57.8 Å². The van der Waals surface area contributed by atoms with Crippen molar-refractivity contribution in [3.63, 3.8) is 0 Å². The third kappa shape index (κ3) is 5.91. The Morgan fingerprint density at radius 3 is 2.34 bits per heavy atom. The summed E-state index contributed by atoms with van der Waals surface area (Å²) < 4.78 is 8.21. The van der Waals surface area contributed by atoms with E-state index < -0.39 is 0 Å². The van der Waals surface area contributed by atoms with Gasteiger partial charge in [-0.3, -0.25) is 0 Å². The first-order valence-electron chi connectivity index (χ1n) is 16.6. The van der Waals surface area contributed by atoms with Crippen molar-refractivity contribution in [2.24, 2.45) is 23.7 Å². The molecule has 0 aromatic heterocycles. The van der Waals surface area contributed by atoms with Crippen LogP contribution in [0.25, 0.3) is 0 Å². The molecule has 6 heteroatoms. The molecule has 1 atom stereocenters. The van der Waals surface area contributed by atoms with Crippen LogP contribution in [-0.2, 0) is 12.0 Å².